The van der Waals surface area contributed by atoms with E-state index in [2.05, 4.69) is 42.6 Å². The van der Waals surface area contributed by atoms with Crippen molar-refractivity contribution in [3.05, 3.63) is 35.9 Å². The number of hydrogen-bond donors (Lipinski definition) is 1. The number of unbranched alkanes of at least 4 members (excludes halogenated alkanes) is 3. The summed E-state index contributed by atoms with van der Waals surface area (Å²) in [5.74, 6) is 0.995. The Balaban J connectivity index is 1.79. The first-order valence-corrected chi connectivity index (χ1v) is 7.53. The summed E-state index contributed by atoms with van der Waals surface area (Å²) in [6.07, 6.45) is 8.42. The van der Waals surface area contributed by atoms with Crippen LogP contribution in [0.1, 0.15) is 44.6 Å². The molecule has 2 heteroatoms. The molecule has 0 saturated carbocycles. The van der Waals surface area contributed by atoms with Gasteiger partial charge in [0.2, 0.25) is 0 Å². The maximum absolute atomic E-state index is 5.76. The summed E-state index contributed by atoms with van der Waals surface area (Å²) in [4.78, 5) is 0. The summed E-state index contributed by atoms with van der Waals surface area (Å²) in [6.45, 7) is 5.15. The van der Waals surface area contributed by atoms with Crippen LogP contribution in [-0.2, 0) is 0 Å². The fourth-order valence-electron chi connectivity index (χ4n) is 2.37. The lowest BCUT2D eigenvalue weighted by molar-refractivity contribution is 0.305. The number of benzene rings is 1. The largest absolute Gasteiger partial charge is 0.494 e. The van der Waals surface area contributed by atoms with Crippen molar-refractivity contribution < 1.29 is 4.74 Å². The quantitative estimate of drug-likeness (QED) is 0.747. The second-order valence-corrected chi connectivity index (χ2v) is 5.12. The van der Waals surface area contributed by atoms with Crippen LogP contribution < -0.4 is 10.1 Å². The van der Waals surface area contributed by atoms with E-state index in [9.17, 15) is 0 Å². The maximum atomic E-state index is 5.76. The fourth-order valence-corrected chi connectivity index (χ4v) is 2.37. The van der Waals surface area contributed by atoms with Gasteiger partial charge in [0.05, 0.1) is 6.61 Å². The Morgan fingerprint density at radius 3 is 2.63 bits per heavy atom. The first-order valence-electron chi connectivity index (χ1n) is 7.53. The minimum atomic E-state index is 0.839. The van der Waals surface area contributed by atoms with Gasteiger partial charge in [-0.25, -0.2) is 0 Å². The topological polar surface area (TPSA) is 21.3 Å². The van der Waals surface area contributed by atoms with Crippen LogP contribution in [0.4, 0.5) is 0 Å². The average Bonchev–Trinajstić information content (AvgIpc) is 2.49. The van der Waals surface area contributed by atoms with E-state index < -0.39 is 0 Å². The second kappa shape index (κ2) is 8.00. The highest BCUT2D eigenvalue weighted by Crippen LogP contribution is 2.22. The lowest BCUT2D eigenvalue weighted by Crippen LogP contribution is -2.19. The van der Waals surface area contributed by atoms with Crippen LogP contribution in [0.15, 0.2) is 30.3 Å². The van der Waals surface area contributed by atoms with Crippen molar-refractivity contribution in [3.8, 4) is 5.75 Å². The third kappa shape index (κ3) is 4.71. The van der Waals surface area contributed by atoms with Crippen molar-refractivity contribution in [2.75, 3.05) is 19.7 Å². The first kappa shape index (κ1) is 14.1. The maximum Gasteiger partial charge on any atom is 0.119 e. The van der Waals surface area contributed by atoms with Crippen LogP contribution >= 0.6 is 0 Å². The average molecular weight is 259 g/mol. The molecular formula is C17H25NO. The van der Waals surface area contributed by atoms with Gasteiger partial charge in [-0.3, -0.25) is 0 Å². The molecule has 1 aliphatic heterocycles. The summed E-state index contributed by atoms with van der Waals surface area (Å²) in [5, 5.41) is 3.34. The Hall–Kier alpha value is -1.28. The number of hydrogen-bond acceptors (Lipinski definition) is 2. The molecule has 0 fully saturated rings. The van der Waals surface area contributed by atoms with E-state index in [0.29, 0.717) is 0 Å². The SMILES string of the molecule is CCCCCCOc1ccc(C2=CCNCC2)cc1. The summed E-state index contributed by atoms with van der Waals surface area (Å²) in [5.41, 5.74) is 2.79. The van der Waals surface area contributed by atoms with Crippen molar-refractivity contribution in [1.29, 1.82) is 0 Å². The van der Waals surface area contributed by atoms with Gasteiger partial charge in [0.15, 0.2) is 0 Å². The molecule has 104 valence electrons. The van der Waals surface area contributed by atoms with Gasteiger partial charge in [-0.05, 0) is 42.7 Å². The standard InChI is InChI=1S/C17H25NO/c1-2-3-4-5-14-19-17-8-6-15(7-9-17)16-10-12-18-13-11-16/h6-10,18H,2-5,11-14H2,1H3. The fraction of sp³-hybridized carbons (Fsp3) is 0.529. The Morgan fingerprint density at radius 2 is 1.95 bits per heavy atom. The Labute approximate surface area is 116 Å². The third-order valence-corrected chi connectivity index (χ3v) is 3.56. The van der Waals surface area contributed by atoms with Crippen molar-refractivity contribution in [1.82, 2.24) is 5.32 Å². The van der Waals surface area contributed by atoms with E-state index in [0.717, 1.165) is 38.3 Å². The summed E-state index contributed by atoms with van der Waals surface area (Å²) < 4.78 is 5.76. The molecule has 2 rings (SSSR count). The predicted octanol–water partition coefficient (Wildman–Crippen LogP) is 4.02. The zero-order valence-electron chi connectivity index (χ0n) is 12.0. The van der Waals surface area contributed by atoms with Gasteiger partial charge in [0.25, 0.3) is 0 Å². The van der Waals surface area contributed by atoms with E-state index >= 15 is 0 Å². The second-order valence-electron chi connectivity index (χ2n) is 5.12. The molecular weight excluding hydrogens is 234 g/mol. The van der Waals surface area contributed by atoms with Gasteiger partial charge in [0.1, 0.15) is 5.75 Å². The molecule has 1 heterocycles. The molecule has 0 radical (unpaired) electrons. The molecule has 0 aliphatic carbocycles. The normalized spacial score (nSPS) is 15.1. The van der Waals surface area contributed by atoms with Crippen molar-refractivity contribution in [3.63, 3.8) is 0 Å². The molecule has 1 aromatic rings. The summed E-state index contributed by atoms with van der Waals surface area (Å²) >= 11 is 0. The Bertz CT molecular complexity index is 394. The Morgan fingerprint density at radius 1 is 1.11 bits per heavy atom. The van der Waals surface area contributed by atoms with Crippen molar-refractivity contribution in [2.24, 2.45) is 0 Å². The highest BCUT2D eigenvalue weighted by Gasteiger charge is 2.05. The van der Waals surface area contributed by atoms with Gasteiger partial charge in [-0.15, -0.1) is 0 Å². The van der Waals surface area contributed by atoms with Crippen LogP contribution in [0.2, 0.25) is 0 Å². The van der Waals surface area contributed by atoms with Gasteiger partial charge < -0.3 is 10.1 Å². The highest BCUT2D eigenvalue weighted by atomic mass is 16.5. The highest BCUT2D eigenvalue weighted by molar-refractivity contribution is 5.67. The van der Waals surface area contributed by atoms with Crippen LogP contribution in [-0.4, -0.2) is 19.7 Å². The third-order valence-electron chi connectivity index (χ3n) is 3.56. The van der Waals surface area contributed by atoms with Gasteiger partial charge in [0, 0.05) is 6.54 Å². The molecule has 1 aromatic carbocycles. The minimum Gasteiger partial charge on any atom is -0.494 e. The number of nitrogens with one attached hydrogen (secondary N) is 1. The van der Waals surface area contributed by atoms with Gasteiger partial charge >= 0.3 is 0 Å². The molecule has 19 heavy (non-hydrogen) atoms. The van der Waals surface area contributed by atoms with Gasteiger partial charge in [-0.1, -0.05) is 44.4 Å². The zero-order chi connectivity index (χ0) is 13.3. The first-order chi connectivity index (χ1) is 9.40. The molecule has 1 N–H and O–H groups in total. The molecule has 0 aromatic heterocycles. The molecule has 0 amide bonds. The van der Waals surface area contributed by atoms with E-state index in [4.69, 9.17) is 4.74 Å². The molecule has 0 unspecified atom stereocenters. The van der Waals surface area contributed by atoms with E-state index in [-0.39, 0.29) is 0 Å². The summed E-state index contributed by atoms with van der Waals surface area (Å²) in [7, 11) is 0. The molecule has 1 aliphatic rings. The van der Waals surface area contributed by atoms with Crippen LogP contribution in [0.3, 0.4) is 0 Å². The molecule has 0 saturated heterocycles. The molecule has 0 bridgehead atoms. The molecule has 2 nitrogen and oxygen atoms in total. The lowest BCUT2D eigenvalue weighted by Gasteiger charge is -2.14. The van der Waals surface area contributed by atoms with Crippen LogP contribution in [0.5, 0.6) is 5.75 Å². The van der Waals surface area contributed by atoms with Crippen LogP contribution in [0, 0.1) is 0 Å². The van der Waals surface area contributed by atoms with E-state index in [1.807, 2.05) is 0 Å². The molecule has 0 atom stereocenters. The van der Waals surface area contributed by atoms with E-state index in [1.165, 1.54) is 30.4 Å². The molecule has 0 spiro atoms. The monoisotopic (exact) mass is 259 g/mol. The van der Waals surface area contributed by atoms with Crippen LogP contribution in [0.25, 0.3) is 5.57 Å². The zero-order valence-corrected chi connectivity index (χ0v) is 12.0. The lowest BCUT2D eigenvalue weighted by atomic mass is 10.0. The number of rotatable bonds is 7. The Kier molecular flexibility index (Phi) is 5.96. The minimum absolute atomic E-state index is 0.839. The predicted molar refractivity (Wildman–Crippen MR) is 81.5 cm³/mol. The summed E-state index contributed by atoms with van der Waals surface area (Å²) in [6, 6.07) is 8.55. The van der Waals surface area contributed by atoms with E-state index in [1.54, 1.807) is 0 Å². The smallest absolute Gasteiger partial charge is 0.119 e. The van der Waals surface area contributed by atoms with Gasteiger partial charge in [-0.2, -0.15) is 0 Å². The van der Waals surface area contributed by atoms with Crippen molar-refractivity contribution >= 4 is 5.57 Å². The van der Waals surface area contributed by atoms with Crippen molar-refractivity contribution in [2.45, 2.75) is 39.0 Å². The number of ether oxygens (including phenoxy) is 1.